The Hall–Kier alpha value is -0.870. The third-order valence-corrected chi connectivity index (χ3v) is 3.07. The molecule has 1 aliphatic carbocycles. The number of amides is 1. The number of ether oxygens (including phenoxy) is 1. The Bertz CT molecular complexity index is 257. The van der Waals surface area contributed by atoms with Crippen LogP contribution in [0.4, 0.5) is 0 Å². The molecule has 1 unspecified atom stereocenters. The smallest absolute Gasteiger partial charge is 0.226 e. The van der Waals surface area contributed by atoms with Gasteiger partial charge < -0.3 is 15.4 Å². The Balaban J connectivity index is 1.89. The summed E-state index contributed by atoms with van der Waals surface area (Å²) in [5, 5.41) is 0. The molecular weight excluding hydrogens is 192 g/mol. The third-order valence-electron chi connectivity index (χ3n) is 3.07. The molecule has 0 radical (unpaired) electrons. The molecule has 1 aliphatic heterocycles. The first-order valence-corrected chi connectivity index (χ1v) is 5.56. The van der Waals surface area contributed by atoms with Gasteiger partial charge in [0, 0.05) is 25.6 Å². The molecule has 0 saturated carbocycles. The Labute approximate surface area is 90.1 Å². The van der Waals surface area contributed by atoms with E-state index in [1.807, 2.05) is 4.90 Å². The average Bonchev–Trinajstić information content (AvgIpc) is 2.81. The molecule has 1 heterocycles. The molecule has 15 heavy (non-hydrogen) atoms. The number of allylic oxidation sites excluding steroid dienone is 2. The number of rotatable bonds is 2. The number of hydrogen-bond acceptors (Lipinski definition) is 3. The highest BCUT2D eigenvalue weighted by Crippen LogP contribution is 2.21. The van der Waals surface area contributed by atoms with E-state index < -0.39 is 0 Å². The highest BCUT2D eigenvalue weighted by molar-refractivity contribution is 5.79. The van der Waals surface area contributed by atoms with Gasteiger partial charge >= 0.3 is 0 Å². The fourth-order valence-electron chi connectivity index (χ4n) is 2.14. The summed E-state index contributed by atoms with van der Waals surface area (Å²) in [6.45, 7) is 2.48. The van der Waals surface area contributed by atoms with Crippen LogP contribution in [0.5, 0.6) is 0 Å². The first-order valence-electron chi connectivity index (χ1n) is 5.56. The van der Waals surface area contributed by atoms with Gasteiger partial charge in [0.2, 0.25) is 5.91 Å². The van der Waals surface area contributed by atoms with Crippen molar-refractivity contribution in [2.75, 3.05) is 26.2 Å². The maximum atomic E-state index is 12.1. The fourth-order valence-corrected chi connectivity index (χ4v) is 2.14. The molecule has 1 fully saturated rings. The van der Waals surface area contributed by atoms with Crippen LogP contribution in [0.25, 0.3) is 0 Å². The minimum absolute atomic E-state index is 0.0251. The summed E-state index contributed by atoms with van der Waals surface area (Å²) in [6.07, 6.45) is 5.98. The van der Waals surface area contributed by atoms with Gasteiger partial charge in [-0.3, -0.25) is 4.79 Å². The molecule has 0 aromatic heterocycles. The number of hydrogen-bond donors (Lipinski definition) is 1. The van der Waals surface area contributed by atoms with E-state index in [4.69, 9.17) is 10.5 Å². The van der Waals surface area contributed by atoms with Gasteiger partial charge in [0.25, 0.3) is 0 Å². The predicted octanol–water partition coefficient (Wildman–Crippen LogP) is 0.139. The second-order valence-corrected chi connectivity index (χ2v) is 4.15. The Morgan fingerprint density at radius 2 is 2.20 bits per heavy atom. The van der Waals surface area contributed by atoms with Crippen molar-refractivity contribution in [1.82, 2.24) is 4.90 Å². The first-order chi connectivity index (χ1) is 7.31. The zero-order chi connectivity index (χ0) is 10.7. The predicted molar refractivity (Wildman–Crippen MR) is 57.2 cm³/mol. The molecule has 4 heteroatoms. The largest absolute Gasteiger partial charge is 0.373 e. The van der Waals surface area contributed by atoms with Crippen molar-refractivity contribution >= 4 is 5.91 Å². The molecule has 1 atom stereocenters. The van der Waals surface area contributed by atoms with E-state index in [1.54, 1.807) is 0 Å². The highest BCUT2D eigenvalue weighted by Gasteiger charge is 2.28. The highest BCUT2D eigenvalue weighted by atomic mass is 16.5. The monoisotopic (exact) mass is 210 g/mol. The molecule has 1 amide bonds. The van der Waals surface area contributed by atoms with Gasteiger partial charge in [-0.25, -0.2) is 0 Å². The SMILES string of the molecule is NCC1CN(C(=O)C2CC=CC2)CCO1. The van der Waals surface area contributed by atoms with E-state index >= 15 is 0 Å². The van der Waals surface area contributed by atoms with Crippen LogP contribution in [0.2, 0.25) is 0 Å². The van der Waals surface area contributed by atoms with Gasteiger partial charge in [-0.05, 0) is 12.8 Å². The summed E-state index contributed by atoms with van der Waals surface area (Å²) >= 11 is 0. The molecule has 0 aromatic carbocycles. The zero-order valence-electron chi connectivity index (χ0n) is 8.89. The second kappa shape index (κ2) is 4.77. The summed E-state index contributed by atoms with van der Waals surface area (Å²) in [7, 11) is 0. The number of carbonyl (C=O) groups is 1. The Kier molecular flexibility index (Phi) is 3.38. The van der Waals surface area contributed by atoms with Crippen molar-refractivity contribution < 1.29 is 9.53 Å². The number of morpholine rings is 1. The lowest BCUT2D eigenvalue weighted by Gasteiger charge is -2.33. The van der Waals surface area contributed by atoms with Crippen LogP contribution in [0.3, 0.4) is 0 Å². The van der Waals surface area contributed by atoms with Gasteiger partial charge in [0.05, 0.1) is 12.7 Å². The van der Waals surface area contributed by atoms with E-state index in [0.717, 1.165) is 12.8 Å². The van der Waals surface area contributed by atoms with Gasteiger partial charge in [-0.1, -0.05) is 12.2 Å². The summed E-state index contributed by atoms with van der Waals surface area (Å²) in [4.78, 5) is 14.0. The molecular formula is C11H18N2O2. The second-order valence-electron chi connectivity index (χ2n) is 4.15. The van der Waals surface area contributed by atoms with Gasteiger partial charge in [0.1, 0.15) is 0 Å². The van der Waals surface area contributed by atoms with Crippen molar-refractivity contribution in [2.24, 2.45) is 11.7 Å². The fraction of sp³-hybridized carbons (Fsp3) is 0.727. The number of nitrogens with zero attached hydrogens (tertiary/aromatic N) is 1. The lowest BCUT2D eigenvalue weighted by Crippen LogP contribution is -2.49. The normalized spacial score (nSPS) is 27.3. The van der Waals surface area contributed by atoms with Crippen molar-refractivity contribution in [3.8, 4) is 0 Å². The van der Waals surface area contributed by atoms with Crippen LogP contribution in [-0.2, 0) is 9.53 Å². The van der Waals surface area contributed by atoms with E-state index in [9.17, 15) is 4.79 Å². The number of carbonyl (C=O) groups excluding carboxylic acids is 1. The average molecular weight is 210 g/mol. The first kappa shape index (κ1) is 10.6. The van der Waals surface area contributed by atoms with Crippen LogP contribution in [0.1, 0.15) is 12.8 Å². The van der Waals surface area contributed by atoms with E-state index in [2.05, 4.69) is 12.2 Å². The lowest BCUT2D eigenvalue weighted by atomic mass is 10.1. The minimum Gasteiger partial charge on any atom is -0.373 e. The minimum atomic E-state index is 0.0251. The maximum absolute atomic E-state index is 12.1. The molecule has 0 bridgehead atoms. The van der Waals surface area contributed by atoms with Crippen LogP contribution in [-0.4, -0.2) is 43.2 Å². The molecule has 2 aliphatic rings. The molecule has 2 rings (SSSR count). The molecule has 2 N–H and O–H groups in total. The van der Waals surface area contributed by atoms with Gasteiger partial charge in [0.15, 0.2) is 0 Å². The molecule has 1 saturated heterocycles. The Morgan fingerprint density at radius 1 is 1.47 bits per heavy atom. The molecule has 84 valence electrons. The van der Waals surface area contributed by atoms with E-state index in [-0.39, 0.29) is 17.9 Å². The van der Waals surface area contributed by atoms with Crippen LogP contribution < -0.4 is 5.73 Å². The lowest BCUT2D eigenvalue weighted by molar-refractivity contribution is -0.142. The van der Waals surface area contributed by atoms with Gasteiger partial charge in [-0.15, -0.1) is 0 Å². The summed E-state index contributed by atoms with van der Waals surface area (Å²) in [5.41, 5.74) is 5.54. The van der Waals surface area contributed by atoms with Crippen molar-refractivity contribution in [1.29, 1.82) is 0 Å². The molecule has 0 aromatic rings. The Morgan fingerprint density at radius 3 is 2.87 bits per heavy atom. The topological polar surface area (TPSA) is 55.6 Å². The van der Waals surface area contributed by atoms with Gasteiger partial charge in [-0.2, -0.15) is 0 Å². The van der Waals surface area contributed by atoms with Crippen LogP contribution in [0, 0.1) is 5.92 Å². The summed E-state index contributed by atoms with van der Waals surface area (Å²) < 4.78 is 5.44. The standard InChI is InChI=1S/C11H18N2O2/c12-7-10-8-13(5-6-15-10)11(14)9-3-1-2-4-9/h1-2,9-10H,3-8,12H2. The third kappa shape index (κ3) is 2.38. The van der Waals surface area contributed by atoms with Crippen LogP contribution >= 0.6 is 0 Å². The van der Waals surface area contributed by atoms with E-state index in [1.165, 1.54) is 0 Å². The summed E-state index contributed by atoms with van der Waals surface area (Å²) in [5.74, 6) is 0.434. The zero-order valence-corrected chi connectivity index (χ0v) is 8.89. The molecule has 0 spiro atoms. The van der Waals surface area contributed by atoms with E-state index in [0.29, 0.717) is 26.2 Å². The van der Waals surface area contributed by atoms with Crippen molar-refractivity contribution in [3.05, 3.63) is 12.2 Å². The molecule has 4 nitrogen and oxygen atoms in total. The van der Waals surface area contributed by atoms with Crippen molar-refractivity contribution in [3.63, 3.8) is 0 Å². The van der Waals surface area contributed by atoms with Crippen LogP contribution in [0.15, 0.2) is 12.2 Å². The maximum Gasteiger partial charge on any atom is 0.226 e. The summed E-state index contributed by atoms with van der Waals surface area (Å²) in [6, 6.07) is 0. The number of nitrogens with two attached hydrogens (primary N) is 1. The quantitative estimate of drug-likeness (QED) is 0.659. The van der Waals surface area contributed by atoms with Crippen molar-refractivity contribution in [2.45, 2.75) is 18.9 Å².